The van der Waals surface area contributed by atoms with E-state index in [1.165, 1.54) is 17.4 Å². The van der Waals surface area contributed by atoms with Crippen LogP contribution in [0.4, 0.5) is 10.1 Å². The van der Waals surface area contributed by atoms with Gasteiger partial charge in [0.2, 0.25) is 5.43 Å². The number of anilines is 1. The quantitative estimate of drug-likeness (QED) is 0.510. The lowest BCUT2D eigenvalue weighted by atomic mass is 10.1. The fourth-order valence-corrected chi connectivity index (χ4v) is 5.81. The first-order chi connectivity index (χ1) is 14.5. The first-order valence-electron chi connectivity index (χ1n) is 9.96. The molecule has 0 aliphatic carbocycles. The van der Waals surface area contributed by atoms with E-state index in [1.54, 1.807) is 16.8 Å². The Morgan fingerprint density at radius 3 is 2.97 bits per heavy atom. The standard InChI is InChI=1S/C21H21FN4O3S/c1-3-24-7-10-4-5-25(8-10)18-12(22)6-11-17-14(18)16(23-2)13-9-30-20(26(13)17)15(19(11)27)21(28)29/h6,9-10,24H,3-5,7-8H2,1-2H3,(H,28,29). The Balaban J connectivity index is 1.84. The minimum Gasteiger partial charge on any atom is -0.477 e. The smallest absolute Gasteiger partial charge is 0.342 e. The van der Waals surface area contributed by atoms with E-state index >= 15 is 4.39 Å². The zero-order chi connectivity index (χ0) is 21.2. The van der Waals surface area contributed by atoms with Crippen molar-refractivity contribution in [1.82, 2.24) is 9.72 Å². The summed E-state index contributed by atoms with van der Waals surface area (Å²) in [6.07, 6.45) is 0.955. The molecule has 2 N–H and O–H groups in total. The van der Waals surface area contributed by atoms with Gasteiger partial charge in [0.15, 0.2) is 0 Å². The number of nitrogens with zero attached hydrogens (tertiary/aromatic N) is 3. The van der Waals surface area contributed by atoms with Crippen LogP contribution in [0.5, 0.6) is 0 Å². The molecule has 0 amide bonds. The van der Waals surface area contributed by atoms with Crippen LogP contribution in [0.25, 0.3) is 26.6 Å². The number of pyridine rings is 1. The highest BCUT2D eigenvalue weighted by Crippen LogP contribution is 2.38. The van der Waals surface area contributed by atoms with Crippen molar-refractivity contribution in [1.29, 1.82) is 0 Å². The average molecular weight is 428 g/mol. The number of carboxylic acids is 1. The summed E-state index contributed by atoms with van der Waals surface area (Å²) in [6.45, 7) is 5.28. The molecule has 7 nitrogen and oxygen atoms in total. The van der Waals surface area contributed by atoms with E-state index in [1.807, 2.05) is 4.90 Å². The summed E-state index contributed by atoms with van der Waals surface area (Å²) in [5, 5.41) is 16.1. The molecular weight excluding hydrogens is 407 g/mol. The molecule has 9 heteroatoms. The Kier molecular flexibility index (Phi) is 4.41. The molecule has 1 atom stereocenters. The van der Waals surface area contributed by atoms with Gasteiger partial charge in [-0.15, -0.1) is 11.3 Å². The minimum atomic E-state index is -1.30. The molecule has 4 aromatic rings. The third kappa shape index (κ3) is 2.48. The largest absolute Gasteiger partial charge is 0.477 e. The second kappa shape index (κ2) is 6.88. The molecule has 1 aliphatic heterocycles. The maximum Gasteiger partial charge on any atom is 0.342 e. The second-order valence-electron chi connectivity index (χ2n) is 7.73. The lowest BCUT2D eigenvalue weighted by Gasteiger charge is -2.21. The Morgan fingerprint density at radius 2 is 2.27 bits per heavy atom. The number of rotatable bonds is 5. The van der Waals surface area contributed by atoms with Crippen LogP contribution in [0.3, 0.4) is 0 Å². The summed E-state index contributed by atoms with van der Waals surface area (Å²) >= 11 is 1.20. The number of hydrogen-bond acceptors (Lipinski definition) is 6. The van der Waals surface area contributed by atoms with Gasteiger partial charge in [0.1, 0.15) is 16.2 Å². The molecule has 1 fully saturated rings. The van der Waals surface area contributed by atoms with Crippen LogP contribution >= 0.6 is 11.3 Å². The van der Waals surface area contributed by atoms with E-state index in [0.717, 1.165) is 32.6 Å². The predicted octanol–water partition coefficient (Wildman–Crippen LogP) is 2.35. The molecule has 5 rings (SSSR count). The van der Waals surface area contributed by atoms with Crippen molar-refractivity contribution < 1.29 is 14.3 Å². The summed E-state index contributed by atoms with van der Waals surface area (Å²) in [7, 11) is 1.64. The Morgan fingerprint density at radius 1 is 1.47 bits per heavy atom. The van der Waals surface area contributed by atoms with Gasteiger partial charge in [0.05, 0.1) is 32.9 Å². The van der Waals surface area contributed by atoms with Gasteiger partial charge in [-0.25, -0.2) is 9.18 Å². The molecular formula is C21H21FN4O3S. The van der Waals surface area contributed by atoms with Gasteiger partial charge < -0.3 is 15.3 Å². The fourth-order valence-electron chi connectivity index (χ4n) is 4.77. The van der Waals surface area contributed by atoms with Gasteiger partial charge >= 0.3 is 5.97 Å². The first kappa shape index (κ1) is 19.2. The zero-order valence-corrected chi connectivity index (χ0v) is 17.5. The number of aromatic nitrogens is 1. The summed E-state index contributed by atoms with van der Waals surface area (Å²) in [4.78, 5) is 31.6. The summed E-state index contributed by atoms with van der Waals surface area (Å²) in [5.74, 6) is -1.40. The number of hydrogen-bond donors (Lipinski definition) is 2. The highest BCUT2D eigenvalue weighted by molar-refractivity contribution is 7.16. The van der Waals surface area contributed by atoms with Crippen LogP contribution in [0.1, 0.15) is 23.7 Å². The van der Waals surface area contributed by atoms with Crippen LogP contribution in [0.2, 0.25) is 0 Å². The first-order valence-corrected chi connectivity index (χ1v) is 10.8. The van der Waals surface area contributed by atoms with Gasteiger partial charge in [-0.2, -0.15) is 0 Å². The molecule has 1 aliphatic rings. The maximum atomic E-state index is 15.5. The minimum absolute atomic E-state index is 0.0860. The molecule has 156 valence electrons. The second-order valence-corrected chi connectivity index (χ2v) is 8.59. The topological polar surface area (TPSA) is 86.4 Å². The lowest BCUT2D eigenvalue weighted by Crippen LogP contribution is -2.27. The molecule has 4 heterocycles. The molecule has 0 spiro atoms. The number of thiazole rings is 1. The lowest BCUT2D eigenvalue weighted by molar-refractivity contribution is 0.0697. The van der Waals surface area contributed by atoms with Crippen molar-refractivity contribution in [3.63, 3.8) is 0 Å². The summed E-state index contributed by atoms with van der Waals surface area (Å²) in [5.41, 5.74) is 0.751. The number of nitrogens with one attached hydrogen (secondary N) is 1. The summed E-state index contributed by atoms with van der Waals surface area (Å²) in [6, 6.07) is 1.20. The van der Waals surface area contributed by atoms with Crippen molar-refractivity contribution in [2.24, 2.45) is 10.9 Å². The van der Waals surface area contributed by atoms with Crippen molar-refractivity contribution in [2.45, 2.75) is 13.3 Å². The third-order valence-corrected chi connectivity index (χ3v) is 7.01. The number of halogens is 1. The summed E-state index contributed by atoms with van der Waals surface area (Å²) < 4.78 is 17.2. The van der Waals surface area contributed by atoms with Gasteiger partial charge in [-0.3, -0.25) is 14.2 Å². The maximum absolute atomic E-state index is 15.5. The highest BCUT2D eigenvalue weighted by atomic mass is 32.1. The van der Waals surface area contributed by atoms with E-state index < -0.39 is 17.2 Å². The highest BCUT2D eigenvalue weighted by Gasteiger charge is 2.31. The van der Waals surface area contributed by atoms with Crippen LogP contribution in [-0.4, -0.2) is 48.7 Å². The SMILES string of the molecule is CCNCC1CCN(c2c(F)cc3c(=O)c(C(=O)O)c4scc5c(=NC)c2c3n45)C1. The van der Waals surface area contributed by atoms with Crippen LogP contribution < -0.4 is 21.0 Å². The van der Waals surface area contributed by atoms with Crippen LogP contribution in [-0.2, 0) is 0 Å². The average Bonchev–Trinajstić information content (AvgIpc) is 3.41. The number of carbonyl (C=O) groups is 1. The van der Waals surface area contributed by atoms with Gasteiger partial charge in [-0.1, -0.05) is 6.92 Å². The Labute approximate surface area is 174 Å². The molecule has 0 saturated carbocycles. The molecule has 30 heavy (non-hydrogen) atoms. The molecule has 1 saturated heterocycles. The van der Waals surface area contributed by atoms with E-state index in [2.05, 4.69) is 17.2 Å². The van der Waals surface area contributed by atoms with Gasteiger partial charge in [-0.05, 0) is 31.5 Å². The van der Waals surface area contributed by atoms with Gasteiger partial charge in [0.25, 0.3) is 0 Å². The number of aromatic carboxylic acids is 1. The van der Waals surface area contributed by atoms with Crippen molar-refractivity contribution in [3.8, 4) is 0 Å². The van der Waals surface area contributed by atoms with E-state index in [4.69, 9.17) is 0 Å². The van der Waals surface area contributed by atoms with Crippen LogP contribution in [0, 0.1) is 11.7 Å². The normalized spacial score (nSPS) is 18.0. The van der Waals surface area contributed by atoms with Crippen molar-refractivity contribution in [2.75, 3.05) is 38.1 Å². The monoisotopic (exact) mass is 428 g/mol. The molecule has 0 bridgehead atoms. The van der Waals surface area contributed by atoms with Crippen molar-refractivity contribution >= 4 is 49.6 Å². The molecule has 0 radical (unpaired) electrons. The molecule has 1 aromatic carbocycles. The van der Waals surface area contributed by atoms with E-state index in [9.17, 15) is 14.7 Å². The van der Waals surface area contributed by atoms with E-state index in [0.29, 0.717) is 38.2 Å². The Hall–Kier alpha value is -2.78. The zero-order valence-electron chi connectivity index (χ0n) is 16.7. The van der Waals surface area contributed by atoms with Crippen LogP contribution in [0.15, 0.2) is 21.2 Å². The number of carboxylic acid groups (broad SMARTS) is 1. The number of benzene rings is 1. The van der Waals surface area contributed by atoms with Crippen molar-refractivity contribution in [3.05, 3.63) is 38.4 Å². The third-order valence-electron chi connectivity index (χ3n) is 6.06. The van der Waals surface area contributed by atoms with E-state index in [-0.39, 0.29) is 10.9 Å². The Bertz CT molecular complexity index is 1410. The predicted molar refractivity (Wildman–Crippen MR) is 116 cm³/mol. The van der Waals surface area contributed by atoms with Gasteiger partial charge in [0, 0.05) is 25.5 Å². The fraction of sp³-hybridized carbons (Fsp3) is 0.381. The molecule has 1 unspecified atom stereocenters. The molecule has 3 aromatic heterocycles.